The first kappa shape index (κ1) is 26.2. The number of unbranched alkanes of at least 4 members (excludes halogenated alkanes) is 3. The maximum atomic E-state index is 13.8. The van der Waals surface area contributed by atoms with Crippen molar-refractivity contribution in [3.8, 4) is 0 Å². The Morgan fingerprint density at radius 3 is 2.70 bits per heavy atom. The minimum absolute atomic E-state index is 0.201. The quantitative estimate of drug-likeness (QED) is 0.265. The third-order valence-corrected chi connectivity index (χ3v) is 4.95. The van der Waals surface area contributed by atoms with Crippen LogP contribution in [0.15, 0.2) is 17.1 Å². The number of carbonyl (C=O) groups is 1. The van der Waals surface area contributed by atoms with E-state index in [-0.39, 0.29) is 23.7 Å². The van der Waals surface area contributed by atoms with Gasteiger partial charge in [-0.25, -0.2) is 18.6 Å². The van der Waals surface area contributed by atoms with Crippen LogP contribution in [0.5, 0.6) is 0 Å². The smallest absolute Gasteiger partial charge is 0.407 e. The number of nitrogens with zero attached hydrogens (tertiary/aromatic N) is 4. The van der Waals surface area contributed by atoms with Crippen LogP contribution in [-0.2, 0) is 11.3 Å². The fraction of sp³-hybridized carbons (Fsp3) is 0.455. The van der Waals surface area contributed by atoms with Gasteiger partial charge in [0.15, 0.2) is 5.82 Å². The van der Waals surface area contributed by atoms with Crippen molar-refractivity contribution in [3.05, 3.63) is 40.0 Å². The van der Waals surface area contributed by atoms with E-state index in [4.69, 9.17) is 16.3 Å². The molecule has 0 bridgehead atoms. The topological polar surface area (TPSA) is 91.7 Å². The van der Waals surface area contributed by atoms with Gasteiger partial charge in [0.25, 0.3) is 0 Å². The van der Waals surface area contributed by atoms with Crippen LogP contribution >= 0.6 is 11.6 Å². The monoisotopic (exact) mass is 482 g/mol. The molecular formula is C22H29ClF2N6O2. The molecule has 8 nitrogen and oxygen atoms in total. The van der Waals surface area contributed by atoms with E-state index in [2.05, 4.69) is 25.6 Å². The molecule has 0 aliphatic heterocycles. The molecule has 180 valence electrons. The number of anilines is 2. The second-order valence-electron chi connectivity index (χ2n) is 7.42. The summed E-state index contributed by atoms with van der Waals surface area (Å²) >= 11 is 5.62. The highest BCUT2D eigenvalue weighted by molar-refractivity contribution is 6.30. The summed E-state index contributed by atoms with van der Waals surface area (Å²) in [7, 11) is 5.55. The van der Waals surface area contributed by atoms with E-state index in [0.717, 1.165) is 37.1 Å². The molecule has 0 unspecified atom stereocenters. The Morgan fingerprint density at radius 1 is 1.24 bits per heavy atom. The maximum absolute atomic E-state index is 13.8. The predicted molar refractivity (Wildman–Crippen MR) is 127 cm³/mol. The predicted octanol–water partition coefficient (Wildman–Crippen LogP) is 5.01. The van der Waals surface area contributed by atoms with Crippen molar-refractivity contribution in [2.45, 2.75) is 39.2 Å². The number of aryl methyl sites for hydroxylation is 1. The van der Waals surface area contributed by atoms with Crippen LogP contribution in [0.1, 0.15) is 36.9 Å². The normalized spacial score (nSPS) is 11.0. The zero-order chi connectivity index (χ0) is 24.4. The Hall–Kier alpha value is -3.01. The van der Waals surface area contributed by atoms with Crippen LogP contribution < -0.4 is 15.5 Å². The van der Waals surface area contributed by atoms with Gasteiger partial charge < -0.3 is 20.3 Å². The molecule has 0 atom stereocenters. The summed E-state index contributed by atoms with van der Waals surface area (Å²) in [5.41, 5.74) is 1.18. The molecular weight excluding hydrogens is 454 g/mol. The number of nitrogens with one attached hydrogen (secondary N) is 2. The number of aliphatic imine (C=N–C) groups is 1. The molecule has 0 saturated heterocycles. The van der Waals surface area contributed by atoms with Gasteiger partial charge in [-0.1, -0.05) is 11.6 Å². The molecule has 0 spiro atoms. The Balaban J connectivity index is 1.68. The number of hydrogen-bond acceptors (Lipinski definition) is 7. The van der Waals surface area contributed by atoms with Crippen molar-refractivity contribution in [2.75, 3.05) is 38.0 Å². The highest BCUT2D eigenvalue weighted by Gasteiger charge is 2.14. The standard InChI is InChI=1S/C22H29ClF2N6O2/c1-14-19(20(26-2)30-21(29-14)31(3)4)27-11-7-5-6-8-12-33-22(32)28-13-15-17(24)10-9-16(23)18(15)25/h9-11H,5-8,12-13H2,1-4H3,(H,28,32)(H,26,29,30). The summed E-state index contributed by atoms with van der Waals surface area (Å²) < 4.78 is 32.5. The van der Waals surface area contributed by atoms with Crippen molar-refractivity contribution in [3.63, 3.8) is 0 Å². The Labute approximate surface area is 197 Å². The van der Waals surface area contributed by atoms with Gasteiger partial charge in [-0.05, 0) is 44.7 Å². The first-order valence-electron chi connectivity index (χ1n) is 10.5. The summed E-state index contributed by atoms with van der Waals surface area (Å²) in [6.45, 7) is 1.74. The van der Waals surface area contributed by atoms with Crippen LogP contribution in [0.3, 0.4) is 0 Å². The number of alkyl carbamates (subject to hydrolysis) is 1. The Morgan fingerprint density at radius 2 is 2.00 bits per heavy atom. The summed E-state index contributed by atoms with van der Waals surface area (Å²) in [5.74, 6) is -0.394. The molecule has 1 amide bonds. The van der Waals surface area contributed by atoms with Gasteiger partial charge in [0, 0.05) is 32.9 Å². The third kappa shape index (κ3) is 7.81. The fourth-order valence-corrected chi connectivity index (χ4v) is 3.04. The molecule has 2 N–H and O–H groups in total. The lowest BCUT2D eigenvalue weighted by Gasteiger charge is -2.14. The van der Waals surface area contributed by atoms with Crippen molar-refractivity contribution >= 4 is 41.4 Å². The van der Waals surface area contributed by atoms with Crippen LogP contribution in [0, 0.1) is 18.6 Å². The van der Waals surface area contributed by atoms with Crippen LogP contribution in [0.4, 0.5) is 31.0 Å². The number of amides is 1. The molecule has 1 aromatic heterocycles. The molecule has 2 rings (SSSR count). The SMILES string of the molecule is CNc1nc(N(C)C)nc(C)c1N=CCCCCCOC(=O)NCc1c(F)ccc(Cl)c1F. The van der Waals surface area contributed by atoms with Crippen LogP contribution in [0.25, 0.3) is 0 Å². The molecule has 11 heteroatoms. The van der Waals surface area contributed by atoms with Gasteiger partial charge in [0.1, 0.15) is 17.3 Å². The number of rotatable bonds is 11. The second kappa shape index (κ2) is 12.9. The lowest BCUT2D eigenvalue weighted by Crippen LogP contribution is -2.25. The zero-order valence-electron chi connectivity index (χ0n) is 19.2. The largest absolute Gasteiger partial charge is 0.450 e. The van der Waals surface area contributed by atoms with E-state index in [1.54, 1.807) is 7.05 Å². The summed E-state index contributed by atoms with van der Waals surface area (Å²) in [6, 6.07) is 2.16. The average Bonchev–Trinajstić information content (AvgIpc) is 2.78. The van der Waals surface area contributed by atoms with E-state index in [9.17, 15) is 13.6 Å². The lowest BCUT2D eigenvalue weighted by atomic mass is 10.2. The highest BCUT2D eigenvalue weighted by atomic mass is 35.5. The molecule has 33 heavy (non-hydrogen) atoms. The van der Waals surface area contributed by atoms with Gasteiger partial charge >= 0.3 is 6.09 Å². The number of aromatic nitrogens is 2. The maximum Gasteiger partial charge on any atom is 0.407 e. The van der Waals surface area contributed by atoms with Gasteiger partial charge in [0.2, 0.25) is 5.95 Å². The highest BCUT2D eigenvalue weighted by Crippen LogP contribution is 2.27. The fourth-order valence-electron chi connectivity index (χ4n) is 2.86. The molecule has 1 aromatic carbocycles. The van der Waals surface area contributed by atoms with Gasteiger partial charge in [-0.15, -0.1) is 0 Å². The molecule has 0 aliphatic carbocycles. The van der Waals surface area contributed by atoms with Crippen molar-refractivity contribution in [2.24, 2.45) is 4.99 Å². The Kier molecular flexibility index (Phi) is 10.2. The summed E-state index contributed by atoms with van der Waals surface area (Å²) in [4.78, 5) is 26.9. The van der Waals surface area contributed by atoms with E-state index in [0.29, 0.717) is 23.9 Å². The molecule has 0 radical (unpaired) electrons. The van der Waals surface area contributed by atoms with E-state index in [1.807, 2.05) is 32.1 Å². The molecule has 1 heterocycles. The molecule has 0 aliphatic rings. The summed E-state index contributed by atoms with van der Waals surface area (Å²) in [6.07, 6.45) is 4.17. The van der Waals surface area contributed by atoms with Crippen LogP contribution in [-0.4, -0.2) is 50.0 Å². The van der Waals surface area contributed by atoms with Gasteiger partial charge in [-0.2, -0.15) is 4.98 Å². The second-order valence-corrected chi connectivity index (χ2v) is 7.83. The van der Waals surface area contributed by atoms with Gasteiger partial charge in [-0.3, -0.25) is 4.99 Å². The number of carbonyl (C=O) groups excluding carboxylic acids is 1. The zero-order valence-corrected chi connectivity index (χ0v) is 20.0. The van der Waals surface area contributed by atoms with Crippen molar-refractivity contribution < 1.29 is 18.3 Å². The van der Waals surface area contributed by atoms with E-state index >= 15 is 0 Å². The van der Waals surface area contributed by atoms with Crippen molar-refractivity contribution in [1.82, 2.24) is 15.3 Å². The number of hydrogen-bond donors (Lipinski definition) is 2. The minimum atomic E-state index is -0.893. The first-order valence-corrected chi connectivity index (χ1v) is 10.9. The number of ether oxygens (including phenoxy) is 1. The summed E-state index contributed by atoms with van der Waals surface area (Å²) in [5, 5.41) is 5.16. The van der Waals surface area contributed by atoms with Crippen molar-refractivity contribution in [1.29, 1.82) is 0 Å². The van der Waals surface area contributed by atoms with Gasteiger partial charge in [0.05, 0.1) is 23.9 Å². The number of halogens is 3. The van der Waals surface area contributed by atoms with E-state index in [1.165, 1.54) is 0 Å². The Bertz CT molecular complexity index is 988. The minimum Gasteiger partial charge on any atom is -0.450 e. The lowest BCUT2D eigenvalue weighted by molar-refractivity contribution is 0.143. The third-order valence-electron chi connectivity index (χ3n) is 4.66. The molecule has 0 saturated carbocycles. The average molecular weight is 483 g/mol. The van der Waals surface area contributed by atoms with E-state index < -0.39 is 17.7 Å². The molecule has 2 aromatic rings. The first-order chi connectivity index (χ1) is 15.7. The number of benzene rings is 1. The molecule has 0 fully saturated rings. The van der Waals surface area contributed by atoms with Crippen LogP contribution in [0.2, 0.25) is 5.02 Å².